The molecule has 24 heavy (non-hydrogen) atoms. The fourth-order valence-corrected chi connectivity index (χ4v) is 2.61. The van der Waals surface area contributed by atoms with Gasteiger partial charge >= 0.3 is 6.03 Å². The molecule has 1 atom stereocenters. The lowest BCUT2D eigenvalue weighted by atomic mass is 10.3. The number of likely N-dealkylation sites (tertiary alicyclic amines) is 1. The van der Waals surface area contributed by atoms with E-state index in [0.29, 0.717) is 24.7 Å². The summed E-state index contributed by atoms with van der Waals surface area (Å²) in [6.45, 7) is 2.92. The maximum Gasteiger partial charge on any atom is 0.323 e. The molecule has 8 nitrogen and oxygen atoms in total. The molecule has 0 radical (unpaired) electrons. The number of amides is 2. The van der Waals surface area contributed by atoms with Crippen molar-refractivity contribution in [1.29, 1.82) is 0 Å². The zero-order chi connectivity index (χ0) is 17.1. The maximum absolute atomic E-state index is 12.3. The minimum Gasteiger partial charge on any atom is -0.485 e. The number of rotatable bonds is 4. The molecule has 1 saturated heterocycles. The predicted octanol–water partition coefficient (Wildman–Crippen LogP) is 2.13. The van der Waals surface area contributed by atoms with Crippen LogP contribution in [0.5, 0.6) is 5.75 Å². The van der Waals surface area contributed by atoms with Crippen molar-refractivity contribution >= 4 is 17.7 Å². The number of nitrogens with one attached hydrogen (secondary N) is 1. The molecule has 8 heteroatoms. The summed E-state index contributed by atoms with van der Waals surface area (Å²) in [5, 5.41) is 6.49. The highest BCUT2D eigenvalue weighted by Crippen LogP contribution is 2.26. The SMILES string of the molecule is Cc1cc(NC(=O)N2CCC(Oc3cccnc3N(C)C)C2)no1. The molecule has 3 heterocycles. The molecule has 0 saturated carbocycles. The van der Waals surface area contributed by atoms with E-state index < -0.39 is 0 Å². The van der Waals surface area contributed by atoms with E-state index in [1.807, 2.05) is 31.1 Å². The fraction of sp³-hybridized carbons (Fsp3) is 0.438. The third-order valence-corrected chi connectivity index (χ3v) is 3.76. The zero-order valence-corrected chi connectivity index (χ0v) is 14.0. The van der Waals surface area contributed by atoms with Gasteiger partial charge in [-0.2, -0.15) is 0 Å². The van der Waals surface area contributed by atoms with E-state index in [-0.39, 0.29) is 12.1 Å². The molecule has 2 aromatic rings. The van der Waals surface area contributed by atoms with E-state index in [0.717, 1.165) is 18.0 Å². The quantitative estimate of drug-likeness (QED) is 0.924. The van der Waals surface area contributed by atoms with Crippen molar-refractivity contribution < 1.29 is 14.1 Å². The van der Waals surface area contributed by atoms with Crippen molar-refractivity contribution in [1.82, 2.24) is 15.0 Å². The van der Waals surface area contributed by atoms with Crippen molar-refractivity contribution in [3.8, 4) is 5.75 Å². The first kappa shape index (κ1) is 16.1. The number of nitrogens with zero attached hydrogens (tertiary/aromatic N) is 4. The number of urea groups is 1. The van der Waals surface area contributed by atoms with Crippen LogP contribution in [0.4, 0.5) is 16.4 Å². The van der Waals surface area contributed by atoms with E-state index >= 15 is 0 Å². The molecule has 1 unspecified atom stereocenters. The van der Waals surface area contributed by atoms with Crippen molar-refractivity contribution in [3.63, 3.8) is 0 Å². The smallest absolute Gasteiger partial charge is 0.323 e. The van der Waals surface area contributed by atoms with Gasteiger partial charge in [-0.3, -0.25) is 5.32 Å². The summed E-state index contributed by atoms with van der Waals surface area (Å²) in [4.78, 5) is 20.2. The van der Waals surface area contributed by atoms with Crippen LogP contribution >= 0.6 is 0 Å². The summed E-state index contributed by atoms with van der Waals surface area (Å²) in [6.07, 6.45) is 2.45. The number of aromatic nitrogens is 2. The van der Waals surface area contributed by atoms with Crippen molar-refractivity contribution in [2.24, 2.45) is 0 Å². The molecule has 0 aromatic carbocycles. The van der Waals surface area contributed by atoms with Crippen LogP contribution in [0.3, 0.4) is 0 Å². The molecule has 0 spiro atoms. The van der Waals surface area contributed by atoms with Crippen LogP contribution < -0.4 is 15.0 Å². The van der Waals surface area contributed by atoms with Crippen LogP contribution in [-0.4, -0.2) is 54.4 Å². The highest BCUT2D eigenvalue weighted by atomic mass is 16.5. The van der Waals surface area contributed by atoms with Gasteiger partial charge in [0.1, 0.15) is 11.9 Å². The van der Waals surface area contributed by atoms with E-state index in [1.165, 1.54) is 0 Å². The van der Waals surface area contributed by atoms with Crippen LogP contribution in [0.1, 0.15) is 12.2 Å². The summed E-state index contributed by atoms with van der Waals surface area (Å²) in [5.41, 5.74) is 0. The van der Waals surface area contributed by atoms with Crippen LogP contribution in [-0.2, 0) is 0 Å². The van der Waals surface area contributed by atoms with Gasteiger partial charge in [0.25, 0.3) is 0 Å². The minimum atomic E-state index is -0.201. The molecule has 128 valence electrons. The summed E-state index contributed by atoms with van der Waals surface area (Å²) < 4.78 is 11.0. The van der Waals surface area contributed by atoms with Gasteiger partial charge < -0.3 is 19.1 Å². The Morgan fingerprint density at radius 3 is 3.04 bits per heavy atom. The van der Waals surface area contributed by atoms with Crippen LogP contribution in [0.2, 0.25) is 0 Å². The zero-order valence-electron chi connectivity index (χ0n) is 14.0. The number of pyridine rings is 1. The molecule has 1 aliphatic heterocycles. The summed E-state index contributed by atoms with van der Waals surface area (Å²) in [7, 11) is 3.84. The van der Waals surface area contributed by atoms with E-state index in [2.05, 4.69) is 15.5 Å². The maximum atomic E-state index is 12.3. The molecule has 0 bridgehead atoms. The number of carbonyl (C=O) groups is 1. The molecule has 1 fully saturated rings. The largest absolute Gasteiger partial charge is 0.485 e. The molecule has 1 N–H and O–H groups in total. The lowest BCUT2D eigenvalue weighted by molar-refractivity contribution is 0.194. The summed E-state index contributed by atoms with van der Waals surface area (Å²) in [6, 6.07) is 5.21. The topological polar surface area (TPSA) is 83.7 Å². The Bertz CT molecular complexity index is 715. The lowest BCUT2D eigenvalue weighted by Crippen LogP contribution is -2.34. The second-order valence-electron chi connectivity index (χ2n) is 5.95. The Labute approximate surface area is 140 Å². The van der Waals surface area contributed by atoms with Crippen LogP contribution in [0, 0.1) is 6.92 Å². The Balaban J connectivity index is 1.58. The monoisotopic (exact) mass is 331 g/mol. The van der Waals surface area contributed by atoms with Crippen LogP contribution in [0.15, 0.2) is 28.9 Å². The van der Waals surface area contributed by atoms with Gasteiger partial charge in [0.15, 0.2) is 17.4 Å². The number of carbonyl (C=O) groups excluding carboxylic acids is 1. The second kappa shape index (κ2) is 6.77. The van der Waals surface area contributed by atoms with E-state index in [9.17, 15) is 4.79 Å². The third kappa shape index (κ3) is 3.58. The number of hydrogen-bond acceptors (Lipinski definition) is 6. The van der Waals surface area contributed by atoms with Crippen molar-refractivity contribution in [3.05, 3.63) is 30.2 Å². The Hall–Kier alpha value is -2.77. The first-order valence-corrected chi connectivity index (χ1v) is 7.81. The minimum absolute atomic E-state index is 0.0577. The first-order chi connectivity index (χ1) is 11.5. The number of hydrogen-bond donors (Lipinski definition) is 1. The second-order valence-corrected chi connectivity index (χ2v) is 5.95. The van der Waals surface area contributed by atoms with Crippen molar-refractivity contribution in [2.45, 2.75) is 19.4 Å². The van der Waals surface area contributed by atoms with Gasteiger partial charge in [-0.1, -0.05) is 5.16 Å². The van der Waals surface area contributed by atoms with E-state index in [4.69, 9.17) is 9.26 Å². The molecular formula is C16H21N5O3. The Morgan fingerprint density at radius 2 is 2.33 bits per heavy atom. The molecule has 2 amide bonds. The molecule has 1 aliphatic rings. The van der Waals surface area contributed by atoms with Gasteiger partial charge in [0.05, 0.1) is 6.54 Å². The fourth-order valence-electron chi connectivity index (χ4n) is 2.61. The highest BCUT2D eigenvalue weighted by molar-refractivity contribution is 5.88. The van der Waals surface area contributed by atoms with Crippen LogP contribution in [0.25, 0.3) is 0 Å². The molecular weight excluding hydrogens is 310 g/mol. The average Bonchev–Trinajstić information content (AvgIpc) is 3.17. The standard InChI is InChI=1S/C16H21N5O3/c1-11-9-14(19-24-11)18-16(22)21-8-6-12(10-21)23-13-5-4-7-17-15(13)20(2)3/h4-5,7,9,12H,6,8,10H2,1-3H3,(H,18,19,22). The molecule has 0 aliphatic carbocycles. The van der Waals surface area contributed by atoms with Gasteiger partial charge in [-0.25, -0.2) is 9.78 Å². The van der Waals surface area contributed by atoms with Crippen molar-refractivity contribution in [2.75, 3.05) is 37.4 Å². The van der Waals surface area contributed by atoms with E-state index in [1.54, 1.807) is 24.1 Å². The summed E-state index contributed by atoms with van der Waals surface area (Å²) in [5.74, 6) is 2.57. The van der Waals surface area contributed by atoms with Gasteiger partial charge in [0.2, 0.25) is 0 Å². The highest BCUT2D eigenvalue weighted by Gasteiger charge is 2.28. The molecule has 2 aromatic heterocycles. The average molecular weight is 331 g/mol. The molecule has 3 rings (SSSR count). The Morgan fingerprint density at radius 1 is 1.50 bits per heavy atom. The number of anilines is 2. The number of aryl methyl sites for hydroxylation is 1. The van der Waals surface area contributed by atoms with Gasteiger partial charge in [-0.05, 0) is 19.1 Å². The van der Waals surface area contributed by atoms with Gasteiger partial charge in [0, 0.05) is 39.3 Å². The first-order valence-electron chi connectivity index (χ1n) is 7.81. The predicted molar refractivity (Wildman–Crippen MR) is 89.4 cm³/mol. The Kier molecular flexibility index (Phi) is 4.54. The normalized spacial score (nSPS) is 17.0. The third-order valence-electron chi connectivity index (χ3n) is 3.76. The van der Waals surface area contributed by atoms with Gasteiger partial charge in [-0.15, -0.1) is 0 Å². The summed E-state index contributed by atoms with van der Waals surface area (Å²) >= 11 is 0. The number of ether oxygens (including phenoxy) is 1. The lowest BCUT2D eigenvalue weighted by Gasteiger charge is -2.20.